The highest BCUT2D eigenvalue weighted by Crippen LogP contribution is 2.18. The van der Waals surface area contributed by atoms with Gasteiger partial charge < -0.3 is 9.51 Å². The van der Waals surface area contributed by atoms with Gasteiger partial charge in [-0.3, -0.25) is 10.1 Å². The summed E-state index contributed by atoms with van der Waals surface area (Å²) in [6, 6.07) is 9.58. The number of fused-ring (bicyclic) bond motifs is 1. The topological polar surface area (TPSA) is 70.9 Å². The van der Waals surface area contributed by atoms with Crippen molar-refractivity contribution in [3.63, 3.8) is 0 Å². The molecular weight excluding hydrogens is 242 g/mol. The number of rotatable bonds is 3. The quantitative estimate of drug-likeness (QED) is 0.755. The van der Waals surface area contributed by atoms with Gasteiger partial charge in [0.1, 0.15) is 0 Å². The Hall–Kier alpha value is -2.56. The first-order valence-electron chi connectivity index (χ1n) is 6.00. The summed E-state index contributed by atoms with van der Waals surface area (Å²) in [7, 11) is 0. The predicted molar refractivity (Wildman–Crippen MR) is 71.9 cm³/mol. The molecule has 19 heavy (non-hydrogen) atoms. The third-order valence-corrected chi connectivity index (χ3v) is 2.92. The molecule has 0 fully saturated rings. The molecule has 3 rings (SSSR count). The maximum absolute atomic E-state index is 11.9. The first-order chi connectivity index (χ1) is 9.22. The first kappa shape index (κ1) is 11.5. The van der Waals surface area contributed by atoms with Gasteiger partial charge in [-0.25, -0.2) is 0 Å². The minimum Gasteiger partial charge on any atom is -0.361 e. The smallest absolute Gasteiger partial charge is 0.231 e. The van der Waals surface area contributed by atoms with Crippen LogP contribution in [0, 0.1) is 6.92 Å². The third-order valence-electron chi connectivity index (χ3n) is 2.92. The maximum atomic E-state index is 11.9. The average Bonchev–Trinajstić information content (AvgIpc) is 2.97. The Kier molecular flexibility index (Phi) is 2.79. The normalized spacial score (nSPS) is 10.8. The van der Waals surface area contributed by atoms with E-state index >= 15 is 0 Å². The van der Waals surface area contributed by atoms with Crippen LogP contribution in [-0.2, 0) is 11.2 Å². The van der Waals surface area contributed by atoms with E-state index in [-0.39, 0.29) is 5.91 Å². The molecule has 2 aromatic heterocycles. The second kappa shape index (κ2) is 4.61. The van der Waals surface area contributed by atoms with Crippen LogP contribution in [0.3, 0.4) is 0 Å². The van der Waals surface area contributed by atoms with Crippen molar-refractivity contribution in [2.24, 2.45) is 0 Å². The zero-order valence-corrected chi connectivity index (χ0v) is 10.4. The summed E-state index contributed by atoms with van der Waals surface area (Å²) in [6.45, 7) is 1.80. The van der Waals surface area contributed by atoms with Gasteiger partial charge in [-0.2, -0.15) is 0 Å². The molecule has 0 radical (unpaired) electrons. The molecule has 2 N–H and O–H groups in total. The zero-order chi connectivity index (χ0) is 13.2. The summed E-state index contributed by atoms with van der Waals surface area (Å²) >= 11 is 0. The maximum Gasteiger partial charge on any atom is 0.231 e. The van der Waals surface area contributed by atoms with E-state index in [2.05, 4.69) is 15.5 Å². The van der Waals surface area contributed by atoms with Gasteiger partial charge in [-0.15, -0.1) is 0 Å². The summed E-state index contributed by atoms with van der Waals surface area (Å²) in [6.07, 6.45) is 2.15. The summed E-state index contributed by atoms with van der Waals surface area (Å²) in [4.78, 5) is 15.1. The molecule has 0 saturated carbocycles. The standard InChI is InChI=1S/C14H13N3O2/c1-9-6-14(19-17-9)16-13(18)7-10-8-15-12-5-3-2-4-11(10)12/h2-6,8,15H,7H2,1H3,(H,16,18). The van der Waals surface area contributed by atoms with E-state index in [9.17, 15) is 4.79 Å². The summed E-state index contributed by atoms with van der Waals surface area (Å²) in [5, 5.41) is 7.47. The van der Waals surface area contributed by atoms with Crippen molar-refractivity contribution in [2.75, 3.05) is 5.32 Å². The summed E-state index contributed by atoms with van der Waals surface area (Å²) in [5.41, 5.74) is 2.73. The number of aryl methyl sites for hydroxylation is 1. The van der Waals surface area contributed by atoms with Crippen molar-refractivity contribution in [3.8, 4) is 0 Å². The van der Waals surface area contributed by atoms with E-state index in [0.29, 0.717) is 12.3 Å². The number of hydrogen-bond donors (Lipinski definition) is 2. The second-order valence-electron chi connectivity index (χ2n) is 4.42. The van der Waals surface area contributed by atoms with Crippen LogP contribution in [0.25, 0.3) is 10.9 Å². The minimum absolute atomic E-state index is 0.124. The van der Waals surface area contributed by atoms with Gasteiger partial charge in [0, 0.05) is 23.2 Å². The molecular formula is C14H13N3O2. The van der Waals surface area contributed by atoms with Gasteiger partial charge in [0.15, 0.2) is 0 Å². The van der Waals surface area contributed by atoms with Crippen molar-refractivity contribution < 1.29 is 9.32 Å². The fraction of sp³-hybridized carbons (Fsp3) is 0.143. The van der Waals surface area contributed by atoms with Crippen molar-refractivity contribution in [2.45, 2.75) is 13.3 Å². The largest absolute Gasteiger partial charge is 0.361 e. The summed E-state index contributed by atoms with van der Waals surface area (Å²) in [5.74, 6) is 0.253. The Morgan fingerprint density at radius 3 is 3.05 bits per heavy atom. The van der Waals surface area contributed by atoms with Crippen LogP contribution in [0.2, 0.25) is 0 Å². The SMILES string of the molecule is Cc1cc(NC(=O)Cc2c[nH]c3ccccc23)on1. The molecule has 0 unspecified atom stereocenters. The molecule has 5 heteroatoms. The minimum atomic E-state index is -0.124. The lowest BCUT2D eigenvalue weighted by Crippen LogP contribution is -2.13. The van der Waals surface area contributed by atoms with E-state index in [4.69, 9.17) is 4.52 Å². The highest BCUT2D eigenvalue weighted by Gasteiger charge is 2.10. The summed E-state index contributed by atoms with van der Waals surface area (Å²) < 4.78 is 4.95. The van der Waals surface area contributed by atoms with E-state index in [1.165, 1.54) is 0 Å². The number of para-hydroxylation sites is 1. The molecule has 96 valence electrons. The van der Waals surface area contributed by atoms with Crippen molar-refractivity contribution in [1.29, 1.82) is 0 Å². The zero-order valence-electron chi connectivity index (χ0n) is 10.4. The molecule has 0 bridgehead atoms. The van der Waals surface area contributed by atoms with Crippen LogP contribution in [0.5, 0.6) is 0 Å². The fourth-order valence-electron chi connectivity index (χ4n) is 2.05. The van der Waals surface area contributed by atoms with E-state index in [1.54, 1.807) is 13.0 Å². The number of hydrogen-bond acceptors (Lipinski definition) is 3. The van der Waals surface area contributed by atoms with Gasteiger partial charge in [0.05, 0.1) is 12.1 Å². The van der Waals surface area contributed by atoms with Crippen molar-refractivity contribution in [1.82, 2.24) is 10.1 Å². The van der Waals surface area contributed by atoms with Crippen LogP contribution in [0.15, 0.2) is 41.1 Å². The molecule has 0 aliphatic rings. The van der Waals surface area contributed by atoms with Crippen molar-refractivity contribution >= 4 is 22.7 Å². The van der Waals surface area contributed by atoms with Crippen LogP contribution in [0.1, 0.15) is 11.3 Å². The third kappa shape index (κ3) is 2.35. The lowest BCUT2D eigenvalue weighted by atomic mass is 10.1. The number of nitrogens with one attached hydrogen (secondary N) is 2. The number of benzene rings is 1. The highest BCUT2D eigenvalue weighted by atomic mass is 16.5. The molecule has 1 amide bonds. The highest BCUT2D eigenvalue weighted by molar-refractivity contribution is 5.94. The Morgan fingerprint density at radius 2 is 2.26 bits per heavy atom. The number of aromatic nitrogens is 2. The number of H-pyrrole nitrogens is 1. The molecule has 5 nitrogen and oxygen atoms in total. The van der Waals surface area contributed by atoms with Crippen LogP contribution >= 0.6 is 0 Å². The average molecular weight is 255 g/mol. The Balaban J connectivity index is 1.76. The van der Waals surface area contributed by atoms with Gasteiger partial charge in [0.2, 0.25) is 11.8 Å². The van der Waals surface area contributed by atoms with Gasteiger partial charge in [-0.1, -0.05) is 23.4 Å². The van der Waals surface area contributed by atoms with Crippen LogP contribution in [0.4, 0.5) is 5.88 Å². The molecule has 0 spiro atoms. The number of nitrogens with zero attached hydrogens (tertiary/aromatic N) is 1. The molecule has 0 aliphatic carbocycles. The van der Waals surface area contributed by atoms with Crippen LogP contribution in [-0.4, -0.2) is 16.0 Å². The Bertz CT molecular complexity index is 727. The fourth-order valence-corrected chi connectivity index (χ4v) is 2.05. The Morgan fingerprint density at radius 1 is 1.42 bits per heavy atom. The first-order valence-corrected chi connectivity index (χ1v) is 6.00. The number of amides is 1. The molecule has 3 aromatic rings. The number of aromatic amines is 1. The molecule has 0 aliphatic heterocycles. The molecule has 1 aromatic carbocycles. The Labute approximate surface area is 109 Å². The molecule has 2 heterocycles. The number of carbonyl (C=O) groups excluding carboxylic acids is 1. The lowest BCUT2D eigenvalue weighted by molar-refractivity contribution is -0.115. The molecule has 0 saturated heterocycles. The monoisotopic (exact) mass is 255 g/mol. The van der Waals surface area contributed by atoms with Crippen LogP contribution < -0.4 is 5.32 Å². The van der Waals surface area contributed by atoms with E-state index < -0.39 is 0 Å². The van der Waals surface area contributed by atoms with E-state index in [0.717, 1.165) is 22.2 Å². The van der Waals surface area contributed by atoms with Gasteiger partial charge >= 0.3 is 0 Å². The van der Waals surface area contributed by atoms with Gasteiger partial charge in [0.25, 0.3) is 0 Å². The predicted octanol–water partition coefficient (Wildman–Crippen LogP) is 2.65. The molecule has 0 atom stereocenters. The number of carbonyl (C=O) groups is 1. The second-order valence-corrected chi connectivity index (χ2v) is 4.42. The van der Waals surface area contributed by atoms with Gasteiger partial charge in [-0.05, 0) is 18.6 Å². The lowest BCUT2D eigenvalue weighted by Gasteiger charge is -2.00. The number of anilines is 1. The van der Waals surface area contributed by atoms with E-state index in [1.807, 2.05) is 30.5 Å². The van der Waals surface area contributed by atoms with Crippen molar-refractivity contribution in [3.05, 3.63) is 47.8 Å².